The van der Waals surface area contributed by atoms with E-state index in [0.717, 1.165) is 0 Å². The van der Waals surface area contributed by atoms with Crippen molar-refractivity contribution in [2.75, 3.05) is 11.5 Å². The second-order valence-electron chi connectivity index (χ2n) is 4.37. The van der Waals surface area contributed by atoms with Gasteiger partial charge in [-0.05, 0) is 0 Å². The molecule has 10 nitrogen and oxygen atoms in total. The summed E-state index contributed by atoms with van der Waals surface area (Å²) >= 11 is 0. The molecule has 0 aliphatic heterocycles. The third-order valence-electron chi connectivity index (χ3n) is 2.83. The number of nitrogen functional groups attached to an aromatic ring is 2. The number of anilines is 2. The van der Waals surface area contributed by atoms with Crippen LogP contribution in [0.25, 0.3) is 11.3 Å². The maximum absolute atomic E-state index is 11.0. The highest BCUT2D eigenvalue weighted by atomic mass is 16.1. The van der Waals surface area contributed by atoms with Crippen LogP contribution in [0.15, 0.2) is 46.4 Å². The van der Waals surface area contributed by atoms with Crippen molar-refractivity contribution in [1.82, 2.24) is 29.2 Å². The molecule has 0 saturated heterocycles. The van der Waals surface area contributed by atoms with Crippen LogP contribution in [0.4, 0.5) is 11.5 Å². The topological polar surface area (TPSA) is 152 Å². The van der Waals surface area contributed by atoms with Gasteiger partial charge in [-0.3, -0.25) is 14.7 Å². The number of hydrogen-bond acceptors (Lipinski definition) is 6. The molecule has 0 aromatic carbocycles. The van der Waals surface area contributed by atoms with Gasteiger partial charge in [0.1, 0.15) is 11.5 Å². The second kappa shape index (κ2) is 5.09. The predicted octanol–water partition coefficient (Wildman–Crippen LogP) is -0.790. The molecule has 10 heteroatoms. The van der Waals surface area contributed by atoms with Crippen molar-refractivity contribution in [3.05, 3.63) is 57.5 Å². The molecule has 0 bridgehead atoms. The summed E-state index contributed by atoms with van der Waals surface area (Å²) in [5.74, 6) is 0.395. The van der Waals surface area contributed by atoms with Crippen molar-refractivity contribution in [1.29, 1.82) is 0 Å². The molecule has 4 rings (SSSR count). The van der Waals surface area contributed by atoms with E-state index >= 15 is 0 Å². The number of nitrogens with one attached hydrogen (secondary N) is 2. The smallest absolute Gasteiger partial charge is 0.272 e. The van der Waals surface area contributed by atoms with Gasteiger partial charge in [0.2, 0.25) is 0 Å². The van der Waals surface area contributed by atoms with E-state index in [1.54, 1.807) is 12.3 Å². The lowest BCUT2D eigenvalue weighted by molar-refractivity contribution is 0.899. The zero-order valence-electron chi connectivity index (χ0n) is 11.2. The van der Waals surface area contributed by atoms with Crippen molar-refractivity contribution in [3.63, 3.8) is 0 Å². The third-order valence-corrected chi connectivity index (χ3v) is 2.83. The van der Waals surface area contributed by atoms with Crippen LogP contribution >= 0.6 is 0 Å². The van der Waals surface area contributed by atoms with E-state index in [1.807, 2.05) is 0 Å². The van der Waals surface area contributed by atoms with Gasteiger partial charge in [-0.2, -0.15) is 4.52 Å². The van der Waals surface area contributed by atoms with Crippen molar-refractivity contribution < 1.29 is 0 Å². The first-order valence-corrected chi connectivity index (χ1v) is 6.19. The van der Waals surface area contributed by atoms with E-state index in [9.17, 15) is 9.59 Å². The molecule has 4 aromatic heterocycles. The fourth-order valence-corrected chi connectivity index (χ4v) is 1.86. The Bertz CT molecular complexity index is 1050. The molecule has 6 N–H and O–H groups in total. The normalized spacial score (nSPS) is 10.5. The van der Waals surface area contributed by atoms with Gasteiger partial charge in [-0.1, -0.05) is 0 Å². The van der Waals surface area contributed by atoms with Crippen molar-refractivity contribution in [2.24, 2.45) is 0 Å². The molecule has 0 atom stereocenters. The molecule has 0 aliphatic rings. The number of nitrogens with zero attached hydrogens (tertiary/aromatic N) is 4. The maximum Gasteiger partial charge on any atom is 0.272 e. The fraction of sp³-hybridized carbons (Fsp3) is 0. The summed E-state index contributed by atoms with van der Waals surface area (Å²) in [5, 5.41) is 6.55. The number of hydrogen-bond donors (Lipinski definition) is 4. The molecule has 0 spiro atoms. The first-order chi connectivity index (χ1) is 10.5. The molecule has 4 heterocycles. The van der Waals surface area contributed by atoms with Gasteiger partial charge >= 0.3 is 0 Å². The van der Waals surface area contributed by atoms with Gasteiger partial charge in [0.25, 0.3) is 11.1 Å². The monoisotopic (exact) mass is 300 g/mol. The quantitative estimate of drug-likeness (QED) is 0.334. The van der Waals surface area contributed by atoms with Crippen LogP contribution < -0.4 is 22.6 Å². The molecule has 0 amide bonds. The highest BCUT2D eigenvalue weighted by molar-refractivity contribution is 5.62. The number of H-pyrrole nitrogens is 2. The summed E-state index contributed by atoms with van der Waals surface area (Å²) in [4.78, 5) is 28.3. The lowest BCUT2D eigenvalue weighted by Gasteiger charge is -1.88. The lowest BCUT2D eigenvalue weighted by atomic mass is 10.5. The Kier molecular flexibility index (Phi) is 3.10. The molecular weight excluding hydrogens is 288 g/mol. The Morgan fingerprint density at radius 1 is 1.18 bits per heavy atom. The lowest BCUT2D eigenvalue weighted by Crippen LogP contribution is -2.12. The fourth-order valence-electron chi connectivity index (χ4n) is 1.86. The Morgan fingerprint density at radius 3 is 2.77 bits per heavy atom. The summed E-state index contributed by atoms with van der Waals surface area (Å²) < 4.78 is 2.80. The molecule has 0 fully saturated rings. The first kappa shape index (κ1) is 13.4. The number of nitrogens with two attached hydrogens (primary N) is 2. The molecule has 0 radical (unpaired) electrons. The SMILES string of the molecule is Nc1c[nH]n2c(=O)ccnc12.Nc1cc2[nH]c(=O)ccn2n1. The van der Waals surface area contributed by atoms with Crippen molar-refractivity contribution in [3.8, 4) is 0 Å². The third kappa shape index (κ3) is 2.40. The summed E-state index contributed by atoms with van der Waals surface area (Å²) in [6.45, 7) is 0. The van der Waals surface area contributed by atoms with E-state index in [2.05, 4.69) is 20.2 Å². The molecule has 0 unspecified atom stereocenters. The molecule has 22 heavy (non-hydrogen) atoms. The van der Waals surface area contributed by atoms with Gasteiger partial charge in [0.05, 0.1) is 5.69 Å². The van der Waals surface area contributed by atoms with Gasteiger partial charge in [-0.25, -0.2) is 9.50 Å². The van der Waals surface area contributed by atoms with E-state index in [1.165, 1.54) is 33.6 Å². The first-order valence-electron chi connectivity index (χ1n) is 6.19. The number of fused-ring (bicyclic) bond motifs is 2. The zero-order valence-corrected chi connectivity index (χ0v) is 11.2. The summed E-state index contributed by atoms with van der Waals surface area (Å²) in [6.07, 6.45) is 4.52. The summed E-state index contributed by atoms with van der Waals surface area (Å²) in [7, 11) is 0. The summed E-state index contributed by atoms with van der Waals surface area (Å²) in [6, 6.07) is 4.35. The van der Waals surface area contributed by atoms with Crippen LogP contribution in [-0.2, 0) is 0 Å². The second-order valence-corrected chi connectivity index (χ2v) is 4.37. The molecule has 112 valence electrons. The Labute approximate surface area is 122 Å². The molecule has 0 saturated carbocycles. The molecular formula is C12H12N8O2. The van der Waals surface area contributed by atoms with Crippen LogP contribution in [0.5, 0.6) is 0 Å². The van der Waals surface area contributed by atoms with Crippen LogP contribution in [0.2, 0.25) is 0 Å². The van der Waals surface area contributed by atoms with Crippen LogP contribution in [0.3, 0.4) is 0 Å². The average Bonchev–Trinajstić information content (AvgIpc) is 3.03. The largest absolute Gasteiger partial charge is 0.394 e. The van der Waals surface area contributed by atoms with Crippen LogP contribution in [0, 0.1) is 0 Å². The number of rotatable bonds is 0. The summed E-state index contributed by atoms with van der Waals surface area (Å²) in [5.41, 5.74) is 12.1. The maximum atomic E-state index is 11.0. The minimum absolute atomic E-state index is 0.155. The minimum Gasteiger partial charge on any atom is -0.394 e. The van der Waals surface area contributed by atoms with Crippen molar-refractivity contribution in [2.45, 2.75) is 0 Å². The Hall–Kier alpha value is -3.56. The highest BCUT2D eigenvalue weighted by Gasteiger charge is 2.00. The Morgan fingerprint density at radius 2 is 2.00 bits per heavy atom. The van der Waals surface area contributed by atoms with E-state index in [4.69, 9.17) is 11.5 Å². The zero-order chi connectivity index (χ0) is 15.7. The predicted molar refractivity (Wildman–Crippen MR) is 80.5 cm³/mol. The van der Waals surface area contributed by atoms with Crippen LogP contribution in [-0.4, -0.2) is 29.2 Å². The standard InChI is InChI=1S/2C6H6N4O/c7-4-3-5-8-6(11)1-2-10(5)9-4;7-4-3-9-10-5(11)1-2-8-6(4)10/h1-3H,(H2,7,9)(H,8,11);1-3,9H,7H2. The van der Waals surface area contributed by atoms with Gasteiger partial charge in [0.15, 0.2) is 5.65 Å². The van der Waals surface area contributed by atoms with E-state index in [-0.39, 0.29) is 11.1 Å². The van der Waals surface area contributed by atoms with Crippen LogP contribution in [0.1, 0.15) is 0 Å². The van der Waals surface area contributed by atoms with Gasteiger partial charge < -0.3 is 16.5 Å². The molecule has 0 aliphatic carbocycles. The molecule has 4 aromatic rings. The van der Waals surface area contributed by atoms with Crippen molar-refractivity contribution >= 4 is 22.8 Å². The number of aromatic amines is 2. The number of aromatic nitrogens is 6. The average molecular weight is 300 g/mol. The van der Waals surface area contributed by atoms with E-state index < -0.39 is 0 Å². The minimum atomic E-state index is -0.160. The highest BCUT2D eigenvalue weighted by Crippen LogP contribution is 2.04. The van der Waals surface area contributed by atoms with Gasteiger partial charge in [0, 0.05) is 36.8 Å². The van der Waals surface area contributed by atoms with E-state index in [0.29, 0.717) is 22.8 Å². The van der Waals surface area contributed by atoms with Gasteiger partial charge in [-0.15, -0.1) is 5.10 Å². The Balaban J connectivity index is 0.000000131.